The number of ether oxygens (including phenoxy) is 1. The largest absolute Gasteiger partial charge is 0.482 e. The van der Waals surface area contributed by atoms with E-state index >= 15 is 0 Å². The summed E-state index contributed by atoms with van der Waals surface area (Å²) in [7, 11) is 0. The summed E-state index contributed by atoms with van der Waals surface area (Å²) in [6.45, 7) is 1.47. The third-order valence-corrected chi connectivity index (χ3v) is 3.62. The first-order chi connectivity index (χ1) is 11.5. The van der Waals surface area contributed by atoms with Crippen molar-refractivity contribution in [1.29, 1.82) is 0 Å². The maximum absolute atomic E-state index is 12.4. The molecule has 0 unspecified atom stereocenters. The van der Waals surface area contributed by atoms with Crippen LogP contribution >= 0.6 is 0 Å². The van der Waals surface area contributed by atoms with Crippen LogP contribution in [0.25, 0.3) is 0 Å². The minimum absolute atomic E-state index is 0.0500. The summed E-state index contributed by atoms with van der Waals surface area (Å²) in [5.41, 5.74) is 1.28. The van der Waals surface area contributed by atoms with Crippen molar-refractivity contribution in [2.45, 2.75) is 6.92 Å². The number of nitrogens with one attached hydrogen (secondary N) is 2. The molecule has 0 fully saturated rings. The van der Waals surface area contributed by atoms with Crippen LogP contribution in [0.5, 0.6) is 5.75 Å². The van der Waals surface area contributed by atoms with E-state index in [1.807, 2.05) is 0 Å². The van der Waals surface area contributed by atoms with Gasteiger partial charge in [-0.05, 0) is 31.2 Å². The number of carbonyl (C=O) groups is 2. The molecule has 1 aliphatic heterocycles. The van der Waals surface area contributed by atoms with Gasteiger partial charge in [0.25, 0.3) is 17.5 Å². The molecule has 0 spiro atoms. The van der Waals surface area contributed by atoms with Crippen molar-refractivity contribution in [1.82, 2.24) is 0 Å². The van der Waals surface area contributed by atoms with Gasteiger partial charge in [-0.2, -0.15) is 0 Å². The third kappa shape index (κ3) is 2.89. The van der Waals surface area contributed by atoms with Crippen LogP contribution in [0.4, 0.5) is 17.1 Å². The first-order valence-corrected chi connectivity index (χ1v) is 7.08. The van der Waals surface area contributed by atoms with Crippen molar-refractivity contribution >= 4 is 28.9 Å². The normalized spacial score (nSPS) is 12.6. The second-order valence-electron chi connectivity index (χ2n) is 5.21. The molecule has 3 rings (SSSR count). The molecule has 122 valence electrons. The van der Waals surface area contributed by atoms with Gasteiger partial charge in [0.2, 0.25) is 0 Å². The minimum Gasteiger partial charge on any atom is -0.482 e. The predicted octanol–water partition coefficient (Wildman–Crippen LogP) is 2.49. The average molecular weight is 327 g/mol. The van der Waals surface area contributed by atoms with Crippen molar-refractivity contribution in [3.05, 3.63) is 57.6 Å². The van der Waals surface area contributed by atoms with Crippen LogP contribution in [0.15, 0.2) is 36.4 Å². The second-order valence-corrected chi connectivity index (χ2v) is 5.21. The summed E-state index contributed by atoms with van der Waals surface area (Å²) in [4.78, 5) is 34.2. The Morgan fingerprint density at radius 1 is 1.33 bits per heavy atom. The smallest absolute Gasteiger partial charge is 0.273 e. The molecular weight excluding hydrogens is 314 g/mol. The van der Waals surface area contributed by atoms with Gasteiger partial charge in [0, 0.05) is 22.9 Å². The number of anilines is 2. The molecule has 0 aromatic heterocycles. The summed E-state index contributed by atoms with van der Waals surface area (Å²) in [6, 6.07) is 9.14. The fraction of sp³-hybridized carbons (Fsp3) is 0.125. The second kappa shape index (κ2) is 5.99. The highest BCUT2D eigenvalue weighted by Gasteiger charge is 2.19. The molecule has 8 heteroatoms. The van der Waals surface area contributed by atoms with E-state index in [0.29, 0.717) is 17.1 Å². The average Bonchev–Trinajstić information content (AvgIpc) is 2.54. The molecule has 24 heavy (non-hydrogen) atoms. The SMILES string of the molecule is Cc1c(C(=O)Nc2ccc3c(c2)NC(=O)CO3)cccc1[N+](=O)[O-]. The summed E-state index contributed by atoms with van der Waals surface area (Å²) in [6.07, 6.45) is 0. The van der Waals surface area contributed by atoms with Crippen molar-refractivity contribution in [3.63, 3.8) is 0 Å². The zero-order valence-corrected chi connectivity index (χ0v) is 12.7. The molecule has 2 aromatic rings. The van der Waals surface area contributed by atoms with Gasteiger partial charge in [0.15, 0.2) is 6.61 Å². The number of benzene rings is 2. The van der Waals surface area contributed by atoms with Gasteiger partial charge in [-0.3, -0.25) is 19.7 Å². The molecule has 1 heterocycles. The number of nitro benzene ring substituents is 1. The maximum Gasteiger partial charge on any atom is 0.273 e. The molecule has 0 bridgehead atoms. The molecule has 0 saturated carbocycles. The topological polar surface area (TPSA) is 111 Å². The molecular formula is C16H13N3O5. The van der Waals surface area contributed by atoms with Crippen molar-refractivity contribution in [2.24, 2.45) is 0 Å². The highest BCUT2D eigenvalue weighted by atomic mass is 16.6. The van der Waals surface area contributed by atoms with Gasteiger partial charge in [0.1, 0.15) is 5.75 Å². The van der Waals surface area contributed by atoms with Crippen molar-refractivity contribution in [3.8, 4) is 5.75 Å². The Morgan fingerprint density at radius 2 is 2.12 bits per heavy atom. The van der Waals surface area contributed by atoms with Crippen LogP contribution in [0.2, 0.25) is 0 Å². The van der Waals surface area contributed by atoms with Gasteiger partial charge in [-0.15, -0.1) is 0 Å². The quantitative estimate of drug-likeness (QED) is 0.664. The van der Waals surface area contributed by atoms with Crippen LogP contribution < -0.4 is 15.4 Å². The standard InChI is InChI=1S/C16H13N3O5/c1-9-11(3-2-4-13(9)19(22)23)16(21)17-10-5-6-14-12(7-10)18-15(20)8-24-14/h2-7H,8H2,1H3,(H,17,21)(H,18,20). The number of fused-ring (bicyclic) bond motifs is 1. The molecule has 2 amide bonds. The molecule has 0 radical (unpaired) electrons. The monoisotopic (exact) mass is 327 g/mol. The fourth-order valence-corrected chi connectivity index (χ4v) is 2.43. The van der Waals surface area contributed by atoms with E-state index in [4.69, 9.17) is 4.74 Å². The fourth-order valence-electron chi connectivity index (χ4n) is 2.43. The van der Waals surface area contributed by atoms with E-state index in [9.17, 15) is 19.7 Å². The summed E-state index contributed by atoms with van der Waals surface area (Å²) < 4.78 is 5.24. The number of nitro groups is 1. The van der Waals surface area contributed by atoms with Gasteiger partial charge in [0.05, 0.1) is 10.6 Å². The lowest BCUT2D eigenvalue weighted by molar-refractivity contribution is -0.385. The van der Waals surface area contributed by atoms with Crippen LogP contribution in [-0.2, 0) is 4.79 Å². The van der Waals surface area contributed by atoms with Gasteiger partial charge in [-0.1, -0.05) is 6.07 Å². The van der Waals surface area contributed by atoms with Crippen molar-refractivity contribution in [2.75, 3.05) is 17.2 Å². The number of rotatable bonds is 3. The number of hydrogen-bond donors (Lipinski definition) is 2. The number of hydrogen-bond acceptors (Lipinski definition) is 5. The summed E-state index contributed by atoms with van der Waals surface area (Å²) in [5, 5.41) is 16.3. The van der Waals surface area contributed by atoms with E-state index in [2.05, 4.69) is 10.6 Å². The lowest BCUT2D eigenvalue weighted by Crippen LogP contribution is -2.25. The zero-order chi connectivity index (χ0) is 17.3. The van der Waals surface area contributed by atoms with E-state index in [1.54, 1.807) is 18.2 Å². The summed E-state index contributed by atoms with van der Waals surface area (Å²) >= 11 is 0. The lowest BCUT2D eigenvalue weighted by Gasteiger charge is -2.18. The first-order valence-electron chi connectivity index (χ1n) is 7.08. The summed E-state index contributed by atoms with van der Waals surface area (Å²) in [5.74, 6) is -0.237. The van der Waals surface area contributed by atoms with E-state index in [-0.39, 0.29) is 29.3 Å². The van der Waals surface area contributed by atoms with Crippen LogP contribution in [0.1, 0.15) is 15.9 Å². The molecule has 8 nitrogen and oxygen atoms in total. The van der Waals surface area contributed by atoms with E-state index in [0.717, 1.165) is 0 Å². The van der Waals surface area contributed by atoms with Crippen LogP contribution in [0, 0.1) is 17.0 Å². The zero-order valence-electron chi connectivity index (χ0n) is 12.7. The van der Waals surface area contributed by atoms with Crippen molar-refractivity contribution < 1.29 is 19.2 Å². The van der Waals surface area contributed by atoms with E-state index < -0.39 is 10.8 Å². The lowest BCUT2D eigenvalue weighted by atomic mass is 10.1. The Labute approximate surface area is 136 Å². The Kier molecular flexibility index (Phi) is 3.87. The Hall–Kier alpha value is -3.42. The predicted molar refractivity (Wildman–Crippen MR) is 86.4 cm³/mol. The molecule has 0 saturated heterocycles. The molecule has 2 aromatic carbocycles. The maximum atomic E-state index is 12.4. The number of amides is 2. The molecule has 0 aliphatic carbocycles. The highest BCUT2D eigenvalue weighted by Crippen LogP contribution is 2.31. The van der Waals surface area contributed by atoms with Crippen LogP contribution in [0.3, 0.4) is 0 Å². The van der Waals surface area contributed by atoms with Gasteiger partial charge >= 0.3 is 0 Å². The van der Waals surface area contributed by atoms with Gasteiger partial charge < -0.3 is 15.4 Å². The molecule has 0 atom stereocenters. The van der Waals surface area contributed by atoms with E-state index in [1.165, 1.54) is 25.1 Å². The minimum atomic E-state index is -0.530. The Bertz CT molecular complexity index is 863. The Balaban J connectivity index is 1.86. The third-order valence-electron chi connectivity index (χ3n) is 3.62. The first kappa shape index (κ1) is 15.5. The number of carbonyl (C=O) groups excluding carboxylic acids is 2. The molecule has 1 aliphatic rings. The molecule has 2 N–H and O–H groups in total. The number of nitrogens with zero attached hydrogens (tertiary/aromatic N) is 1. The highest BCUT2D eigenvalue weighted by molar-refractivity contribution is 6.06. The van der Waals surface area contributed by atoms with Gasteiger partial charge in [-0.25, -0.2) is 0 Å². The Morgan fingerprint density at radius 3 is 2.88 bits per heavy atom. The van der Waals surface area contributed by atoms with Crippen LogP contribution in [-0.4, -0.2) is 23.3 Å².